The SMILES string of the molecule is CC(=O)CCCN(C)c1ccc(Cl)s1. The van der Waals surface area contributed by atoms with Crippen LogP contribution < -0.4 is 4.90 Å². The van der Waals surface area contributed by atoms with Crippen molar-refractivity contribution in [2.45, 2.75) is 19.8 Å². The Kier molecular flexibility index (Phi) is 4.42. The van der Waals surface area contributed by atoms with Crippen LogP contribution in [0.4, 0.5) is 5.00 Å². The summed E-state index contributed by atoms with van der Waals surface area (Å²) in [5.41, 5.74) is 0. The van der Waals surface area contributed by atoms with Crippen molar-refractivity contribution in [3.63, 3.8) is 0 Å². The Morgan fingerprint density at radius 1 is 1.57 bits per heavy atom. The summed E-state index contributed by atoms with van der Waals surface area (Å²) in [5.74, 6) is 0.252. The van der Waals surface area contributed by atoms with Gasteiger partial charge in [0.1, 0.15) is 5.78 Å². The van der Waals surface area contributed by atoms with Gasteiger partial charge in [0, 0.05) is 20.0 Å². The number of hydrogen-bond donors (Lipinski definition) is 0. The first-order valence-corrected chi connectivity index (χ1v) is 5.75. The van der Waals surface area contributed by atoms with Gasteiger partial charge in [-0.15, -0.1) is 11.3 Å². The van der Waals surface area contributed by atoms with E-state index in [0.29, 0.717) is 6.42 Å². The highest BCUT2D eigenvalue weighted by Crippen LogP contribution is 2.28. The third-order valence-corrected chi connectivity index (χ3v) is 3.30. The van der Waals surface area contributed by atoms with Gasteiger partial charge in [-0.3, -0.25) is 0 Å². The fourth-order valence-electron chi connectivity index (χ4n) is 1.19. The van der Waals surface area contributed by atoms with E-state index < -0.39 is 0 Å². The molecule has 0 radical (unpaired) electrons. The molecular weight excluding hydrogens is 218 g/mol. The van der Waals surface area contributed by atoms with Gasteiger partial charge in [0.25, 0.3) is 0 Å². The number of hydrogen-bond acceptors (Lipinski definition) is 3. The number of rotatable bonds is 5. The molecule has 0 saturated carbocycles. The van der Waals surface area contributed by atoms with Crippen LogP contribution in [0.25, 0.3) is 0 Å². The average Bonchev–Trinajstić information content (AvgIpc) is 2.51. The first-order chi connectivity index (χ1) is 6.59. The molecule has 0 atom stereocenters. The summed E-state index contributed by atoms with van der Waals surface area (Å²) < 4.78 is 0.804. The highest BCUT2D eigenvalue weighted by Gasteiger charge is 2.04. The second-order valence-corrected chi connectivity index (χ2v) is 5.00. The van der Waals surface area contributed by atoms with E-state index in [4.69, 9.17) is 11.6 Å². The van der Waals surface area contributed by atoms with E-state index >= 15 is 0 Å². The molecular formula is C10H14ClNOS. The van der Waals surface area contributed by atoms with E-state index in [2.05, 4.69) is 4.90 Å². The first kappa shape index (κ1) is 11.5. The standard InChI is InChI=1S/C10H14ClNOS/c1-8(13)4-3-7-12(2)10-6-5-9(11)14-10/h5-6H,3-4,7H2,1-2H3. The van der Waals surface area contributed by atoms with Crippen LogP contribution in [0.5, 0.6) is 0 Å². The molecule has 4 heteroatoms. The van der Waals surface area contributed by atoms with Crippen molar-refractivity contribution in [2.75, 3.05) is 18.5 Å². The molecule has 0 fully saturated rings. The zero-order valence-corrected chi connectivity index (χ0v) is 9.99. The van der Waals surface area contributed by atoms with Crippen molar-refractivity contribution in [1.29, 1.82) is 0 Å². The van der Waals surface area contributed by atoms with Crippen LogP contribution in [0.15, 0.2) is 12.1 Å². The Balaban J connectivity index is 2.35. The summed E-state index contributed by atoms with van der Waals surface area (Å²) in [6, 6.07) is 3.89. The molecule has 0 bridgehead atoms. The van der Waals surface area contributed by atoms with Crippen molar-refractivity contribution < 1.29 is 4.79 Å². The van der Waals surface area contributed by atoms with Crippen molar-refractivity contribution >= 4 is 33.7 Å². The predicted octanol–water partition coefficient (Wildman–Crippen LogP) is 3.21. The predicted molar refractivity (Wildman–Crippen MR) is 62.5 cm³/mol. The lowest BCUT2D eigenvalue weighted by atomic mass is 10.2. The average molecular weight is 232 g/mol. The number of carbonyl (C=O) groups is 1. The maximum atomic E-state index is 10.7. The minimum absolute atomic E-state index is 0.252. The minimum Gasteiger partial charge on any atom is -0.366 e. The molecule has 0 saturated heterocycles. The third-order valence-electron chi connectivity index (χ3n) is 1.96. The molecule has 1 rings (SSSR count). The second kappa shape index (κ2) is 5.37. The monoisotopic (exact) mass is 231 g/mol. The molecule has 0 spiro atoms. The number of nitrogens with zero attached hydrogens (tertiary/aromatic N) is 1. The van der Waals surface area contributed by atoms with E-state index in [1.165, 1.54) is 0 Å². The normalized spacial score (nSPS) is 10.2. The Morgan fingerprint density at radius 2 is 2.29 bits per heavy atom. The molecule has 0 N–H and O–H groups in total. The molecule has 1 aromatic rings. The van der Waals surface area contributed by atoms with Crippen LogP contribution in [-0.4, -0.2) is 19.4 Å². The van der Waals surface area contributed by atoms with Crippen molar-refractivity contribution in [1.82, 2.24) is 0 Å². The molecule has 2 nitrogen and oxygen atoms in total. The molecule has 1 heterocycles. The highest BCUT2D eigenvalue weighted by atomic mass is 35.5. The number of Topliss-reactive ketones (excluding diaryl/α,β-unsaturated/α-hetero) is 1. The van der Waals surface area contributed by atoms with Crippen LogP contribution >= 0.6 is 22.9 Å². The van der Waals surface area contributed by atoms with Crippen molar-refractivity contribution in [3.8, 4) is 0 Å². The maximum absolute atomic E-state index is 10.7. The molecule has 1 aromatic heterocycles. The number of ketones is 1. The van der Waals surface area contributed by atoms with Gasteiger partial charge in [-0.25, -0.2) is 0 Å². The van der Waals surface area contributed by atoms with Crippen LogP contribution in [0.3, 0.4) is 0 Å². The lowest BCUT2D eigenvalue weighted by Gasteiger charge is -2.15. The summed E-state index contributed by atoms with van der Waals surface area (Å²) in [5, 5.41) is 1.15. The van der Waals surface area contributed by atoms with E-state index in [-0.39, 0.29) is 5.78 Å². The number of anilines is 1. The van der Waals surface area contributed by atoms with Gasteiger partial charge < -0.3 is 9.69 Å². The summed E-state index contributed by atoms with van der Waals surface area (Å²) in [7, 11) is 2.02. The van der Waals surface area contributed by atoms with Crippen LogP contribution in [0.1, 0.15) is 19.8 Å². The van der Waals surface area contributed by atoms with Crippen molar-refractivity contribution in [3.05, 3.63) is 16.5 Å². The van der Waals surface area contributed by atoms with Gasteiger partial charge in [-0.05, 0) is 25.5 Å². The van der Waals surface area contributed by atoms with Gasteiger partial charge in [0.15, 0.2) is 0 Å². The lowest BCUT2D eigenvalue weighted by Crippen LogP contribution is -2.17. The Bertz CT molecular complexity index is 311. The molecule has 78 valence electrons. The van der Waals surface area contributed by atoms with E-state index in [1.54, 1.807) is 18.3 Å². The van der Waals surface area contributed by atoms with Gasteiger partial charge >= 0.3 is 0 Å². The maximum Gasteiger partial charge on any atom is 0.129 e. The molecule has 0 amide bonds. The molecule has 0 aromatic carbocycles. The molecule has 0 aliphatic heterocycles. The third kappa shape index (κ3) is 3.68. The van der Waals surface area contributed by atoms with Gasteiger partial charge in [0.2, 0.25) is 0 Å². The largest absolute Gasteiger partial charge is 0.366 e. The Labute approximate surface area is 93.5 Å². The Morgan fingerprint density at radius 3 is 2.79 bits per heavy atom. The topological polar surface area (TPSA) is 20.3 Å². The minimum atomic E-state index is 0.252. The quantitative estimate of drug-likeness (QED) is 0.776. The Hall–Kier alpha value is -0.540. The fourth-order valence-corrected chi connectivity index (χ4v) is 2.20. The zero-order valence-electron chi connectivity index (χ0n) is 8.42. The van der Waals surface area contributed by atoms with Crippen molar-refractivity contribution in [2.24, 2.45) is 0 Å². The van der Waals surface area contributed by atoms with E-state index in [1.807, 2.05) is 19.2 Å². The van der Waals surface area contributed by atoms with E-state index in [9.17, 15) is 4.79 Å². The molecule has 0 unspecified atom stereocenters. The van der Waals surface area contributed by atoms with Crippen LogP contribution in [0, 0.1) is 0 Å². The summed E-state index contributed by atoms with van der Waals surface area (Å²) in [6.45, 7) is 2.53. The van der Waals surface area contributed by atoms with Crippen LogP contribution in [-0.2, 0) is 4.79 Å². The lowest BCUT2D eigenvalue weighted by molar-refractivity contribution is -0.117. The van der Waals surface area contributed by atoms with Gasteiger partial charge in [-0.2, -0.15) is 0 Å². The molecule has 0 aliphatic rings. The van der Waals surface area contributed by atoms with Crippen LogP contribution in [0.2, 0.25) is 4.34 Å². The number of carbonyl (C=O) groups excluding carboxylic acids is 1. The second-order valence-electron chi connectivity index (χ2n) is 3.30. The first-order valence-electron chi connectivity index (χ1n) is 4.55. The van der Waals surface area contributed by atoms with Gasteiger partial charge in [-0.1, -0.05) is 11.6 Å². The molecule has 0 aliphatic carbocycles. The molecule has 14 heavy (non-hydrogen) atoms. The highest BCUT2D eigenvalue weighted by molar-refractivity contribution is 7.19. The zero-order chi connectivity index (χ0) is 10.6. The summed E-state index contributed by atoms with van der Waals surface area (Å²) in [6.07, 6.45) is 1.56. The number of thiophene rings is 1. The van der Waals surface area contributed by atoms with Gasteiger partial charge in [0.05, 0.1) is 9.34 Å². The summed E-state index contributed by atoms with van der Waals surface area (Å²) in [4.78, 5) is 12.9. The smallest absolute Gasteiger partial charge is 0.129 e. The summed E-state index contributed by atoms with van der Waals surface area (Å²) >= 11 is 7.39. The van der Waals surface area contributed by atoms with E-state index in [0.717, 1.165) is 22.3 Å². The number of halogens is 1. The fraction of sp³-hybridized carbons (Fsp3) is 0.500.